The van der Waals surface area contributed by atoms with E-state index < -0.39 is 5.97 Å². The summed E-state index contributed by atoms with van der Waals surface area (Å²) in [6, 6.07) is 15.9. The second-order valence-electron chi connectivity index (χ2n) is 10.4. The van der Waals surface area contributed by atoms with Crippen LogP contribution in [0.2, 0.25) is 5.02 Å². The van der Waals surface area contributed by atoms with Crippen LogP contribution in [0.4, 0.5) is 4.39 Å². The minimum Gasteiger partial charge on any atom is -0.487 e. The molecule has 1 atom stereocenters. The molecule has 4 heterocycles. The van der Waals surface area contributed by atoms with E-state index in [1.165, 1.54) is 6.07 Å². The quantitative estimate of drug-likeness (QED) is 0.293. The largest absolute Gasteiger partial charge is 0.487 e. The molecule has 2 aliphatic heterocycles. The first-order chi connectivity index (χ1) is 19.4. The van der Waals surface area contributed by atoms with Crippen molar-refractivity contribution in [2.75, 3.05) is 19.7 Å². The molecule has 6 rings (SSSR count). The first-order valence-electron chi connectivity index (χ1n) is 13.5. The molecule has 2 aromatic carbocycles. The van der Waals surface area contributed by atoms with Gasteiger partial charge in [0.05, 0.1) is 19.2 Å². The lowest BCUT2D eigenvalue weighted by atomic mass is 10.0. The van der Waals surface area contributed by atoms with Crippen LogP contribution in [0.5, 0.6) is 5.75 Å². The van der Waals surface area contributed by atoms with Crippen LogP contribution in [0, 0.1) is 5.82 Å². The van der Waals surface area contributed by atoms with Gasteiger partial charge in [0.1, 0.15) is 17.4 Å². The fourth-order valence-electron chi connectivity index (χ4n) is 5.28. The van der Waals surface area contributed by atoms with Gasteiger partial charge in [-0.1, -0.05) is 35.9 Å². The van der Waals surface area contributed by atoms with Crippen molar-refractivity contribution in [3.8, 4) is 5.75 Å². The summed E-state index contributed by atoms with van der Waals surface area (Å²) < 4.78 is 29.1. The highest BCUT2D eigenvalue weighted by Gasteiger charge is 2.26. The lowest BCUT2D eigenvalue weighted by Gasteiger charge is -2.32. The lowest BCUT2D eigenvalue weighted by Crippen LogP contribution is -2.39. The van der Waals surface area contributed by atoms with E-state index in [9.17, 15) is 9.90 Å². The smallest absolute Gasteiger partial charge is 0.354 e. The molecule has 1 N–H and O–H groups in total. The zero-order valence-corrected chi connectivity index (χ0v) is 22.7. The summed E-state index contributed by atoms with van der Waals surface area (Å²) in [5.41, 5.74) is 2.81. The van der Waals surface area contributed by atoms with Gasteiger partial charge in [0.2, 0.25) is 0 Å². The number of hydrogen-bond acceptors (Lipinski definition) is 6. The van der Waals surface area contributed by atoms with Gasteiger partial charge in [0, 0.05) is 31.1 Å². The number of piperidine rings is 1. The average molecular weight is 565 g/mol. The minimum atomic E-state index is -1.06. The van der Waals surface area contributed by atoms with Gasteiger partial charge in [-0.05, 0) is 60.7 Å². The first-order valence-corrected chi connectivity index (χ1v) is 13.9. The fraction of sp³-hybridized carbons (Fsp3) is 0.367. The maximum atomic E-state index is 15.3. The molecule has 2 fully saturated rings. The summed E-state index contributed by atoms with van der Waals surface area (Å²) in [5.74, 6) is -0.265. The number of ether oxygens (including phenoxy) is 2. The normalized spacial score (nSPS) is 18.1. The number of imidazole rings is 1. The minimum absolute atomic E-state index is 0.00263. The summed E-state index contributed by atoms with van der Waals surface area (Å²) in [5, 5.41) is 10.1. The molecule has 40 heavy (non-hydrogen) atoms. The van der Waals surface area contributed by atoms with E-state index in [1.54, 1.807) is 18.2 Å². The Balaban J connectivity index is 1.11. The van der Waals surface area contributed by atoms with E-state index in [0.29, 0.717) is 41.3 Å². The van der Waals surface area contributed by atoms with Gasteiger partial charge in [-0.25, -0.2) is 19.2 Å². The van der Waals surface area contributed by atoms with Crippen LogP contribution in [-0.4, -0.2) is 62.4 Å². The molecular weight excluding hydrogens is 535 g/mol. The molecule has 0 saturated carbocycles. The molecule has 208 valence electrons. The van der Waals surface area contributed by atoms with Gasteiger partial charge in [-0.3, -0.25) is 4.90 Å². The topological polar surface area (TPSA) is 89.7 Å². The second kappa shape index (κ2) is 11.5. The molecule has 0 bridgehead atoms. The number of hydrogen-bond donors (Lipinski definition) is 1. The Hall–Kier alpha value is -3.53. The monoisotopic (exact) mass is 564 g/mol. The van der Waals surface area contributed by atoms with Crippen molar-refractivity contribution in [3.05, 3.63) is 88.1 Å². The summed E-state index contributed by atoms with van der Waals surface area (Å²) in [6.45, 7) is 3.47. The summed E-state index contributed by atoms with van der Waals surface area (Å²) in [4.78, 5) is 23.0. The third-order valence-electron chi connectivity index (χ3n) is 7.61. The molecule has 0 spiro atoms. The molecule has 2 aliphatic rings. The number of carboxylic acid groups (broad SMARTS) is 1. The van der Waals surface area contributed by atoms with Gasteiger partial charge in [0.25, 0.3) is 0 Å². The maximum absolute atomic E-state index is 15.3. The first kappa shape index (κ1) is 26.7. The SMILES string of the molecule is O=C(O)c1ccc2nc(CN3CCC(Oc4cccc(Cc5ccc(Cl)cc5)c4F)CC3)n(CC3CCO3)c2n1. The second-order valence-corrected chi connectivity index (χ2v) is 10.8. The zero-order valence-electron chi connectivity index (χ0n) is 21.9. The van der Waals surface area contributed by atoms with Gasteiger partial charge < -0.3 is 19.1 Å². The number of aromatic carboxylic acids is 1. The van der Waals surface area contributed by atoms with Crippen molar-refractivity contribution in [1.29, 1.82) is 0 Å². The predicted molar refractivity (Wildman–Crippen MR) is 148 cm³/mol. The zero-order chi connectivity index (χ0) is 27.6. The number of fused-ring (bicyclic) bond motifs is 1. The molecule has 8 nitrogen and oxygen atoms in total. The van der Waals surface area contributed by atoms with Crippen molar-refractivity contribution >= 4 is 28.7 Å². The van der Waals surface area contributed by atoms with Crippen molar-refractivity contribution in [2.24, 2.45) is 0 Å². The average Bonchev–Trinajstić information content (AvgIpc) is 3.26. The Bertz CT molecular complexity index is 1510. The fourth-order valence-corrected chi connectivity index (χ4v) is 5.41. The highest BCUT2D eigenvalue weighted by atomic mass is 35.5. The molecule has 4 aromatic rings. The molecule has 2 saturated heterocycles. The van der Waals surface area contributed by atoms with Crippen LogP contribution >= 0.6 is 11.6 Å². The van der Waals surface area contributed by atoms with E-state index in [4.69, 9.17) is 26.1 Å². The number of benzene rings is 2. The van der Waals surface area contributed by atoms with E-state index >= 15 is 4.39 Å². The number of rotatable bonds is 9. The number of carboxylic acids is 1. The van der Waals surface area contributed by atoms with Crippen LogP contribution in [0.1, 0.15) is 46.7 Å². The summed E-state index contributed by atoms with van der Waals surface area (Å²) in [7, 11) is 0. The highest BCUT2D eigenvalue weighted by molar-refractivity contribution is 6.30. The van der Waals surface area contributed by atoms with Crippen LogP contribution in [0.3, 0.4) is 0 Å². The number of nitrogens with zero attached hydrogens (tertiary/aromatic N) is 4. The van der Waals surface area contributed by atoms with Gasteiger partial charge in [0.15, 0.2) is 22.9 Å². The maximum Gasteiger partial charge on any atom is 0.354 e. The Labute approximate surface area is 236 Å². The third-order valence-corrected chi connectivity index (χ3v) is 7.87. The summed E-state index contributed by atoms with van der Waals surface area (Å²) >= 11 is 5.98. The molecule has 0 amide bonds. The number of halogens is 2. The predicted octanol–water partition coefficient (Wildman–Crippen LogP) is 5.35. The van der Waals surface area contributed by atoms with Gasteiger partial charge in [-0.15, -0.1) is 0 Å². The number of pyridine rings is 1. The van der Waals surface area contributed by atoms with E-state index in [-0.39, 0.29) is 29.5 Å². The standard InChI is InChI=1S/C30H30ClFN4O4/c31-21-6-4-19(5-7-21)16-20-2-1-3-26(28(20)32)40-22-10-13-35(14-11-22)18-27-33-24-8-9-25(30(37)38)34-29(24)36(27)17-23-12-15-39-23/h1-9,22-23H,10-18H2,(H,37,38). The van der Waals surface area contributed by atoms with Crippen LogP contribution < -0.4 is 4.74 Å². The number of carbonyl (C=O) groups is 1. The van der Waals surface area contributed by atoms with Crippen LogP contribution in [0.15, 0.2) is 54.6 Å². The van der Waals surface area contributed by atoms with E-state index in [1.807, 2.05) is 34.9 Å². The molecular formula is C30H30ClFN4O4. The molecule has 10 heteroatoms. The summed E-state index contributed by atoms with van der Waals surface area (Å²) in [6.07, 6.45) is 2.93. The van der Waals surface area contributed by atoms with E-state index in [0.717, 1.165) is 50.3 Å². The lowest BCUT2D eigenvalue weighted by molar-refractivity contribution is -0.0593. The van der Waals surface area contributed by atoms with Crippen LogP contribution in [0.25, 0.3) is 11.2 Å². The molecule has 1 unspecified atom stereocenters. The number of likely N-dealkylation sites (tertiary alicyclic amines) is 1. The Morgan fingerprint density at radius 1 is 1.07 bits per heavy atom. The highest BCUT2D eigenvalue weighted by Crippen LogP contribution is 2.27. The molecule has 0 aliphatic carbocycles. The van der Waals surface area contributed by atoms with Crippen LogP contribution in [-0.2, 0) is 24.2 Å². The third kappa shape index (κ3) is 5.82. The Morgan fingerprint density at radius 3 is 2.55 bits per heavy atom. The Kier molecular flexibility index (Phi) is 7.69. The van der Waals surface area contributed by atoms with E-state index in [2.05, 4.69) is 9.88 Å². The van der Waals surface area contributed by atoms with Gasteiger partial charge >= 0.3 is 5.97 Å². The van der Waals surface area contributed by atoms with Crippen molar-refractivity contribution < 1.29 is 23.8 Å². The van der Waals surface area contributed by atoms with Gasteiger partial charge in [-0.2, -0.15) is 0 Å². The van der Waals surface area contributed by atoms with Crippen molar-refractivity contribution in [2.45, 2.75) is 51.0 Å². The molecule has 2 aromatic heterocycles. The molecule has 0 radical (unpaired) electrons. The van der Waals surface area contributed by atoms with Crippen molar-refractivity contribution in [1.82, 2.24) is 19.4 Å². The van der Waals surface area contributed by atoms with Crippen molar-refractivity contribution in [3.63, 3.8) is 0 Å². The Morgan fingerprint density at radius 2 is 1.85 bits per heavy atom. The number of aromatic nitrogens is 3.